The second kappa shape index (κ2) is 6.91. The fourth-order valence-electron chi connectivity index (χ4n) is 2.61. The minimum atomic E-state index is -0.263. The van der Waals surface area contributed by atoms with E-state index in [0.717, 1.165) is 27.7 Å². The molecule has 1 atom stereocenters. The molecule has 1 N–H and O–H groups in total. The van der Waals surface area contributed by atoms with Gasteiger partial charge in [0, 0.05) is 10.0 Å². The molecule has 2 aromatic rings. The lowest BCUT2D eigenvalue weighted by atomic mass is 9.93. The van der Waals surface area contributed by atoms with Crippen molar-refractivity contribution < 1.29 is 4.39 Å². The Morgan fingerprint density at radius 2 is 2.00 bits per heavy atom. The topological polar surface area (TPSA) is 12.0 Å². The van der Waals surface area contributed by atoms with E-state index in [4.69, 9.17) is 11.6 Å². The Morgan fingerprint density at radius 1 is 1.29 bits per heavy atom. The first-order chi connectivity index (χ1) is 9.95. The predicted molar refractivity (Wildman–Crippen MR) is 90.5 cm³/mol. The maximum atomic E-state index is 14.5. The van der Waals surface area contributed by atoms with E-state index in [1.807, 2.05) is 45.0 Å². The first-order valence-corrected chi connectivity index (χ1v) is 8.06. The lowest BCUT2D eigenvalue weighted by molar-refractivity contribution is 0.555. The van der Waals surface area contributed by atoms with Crippen LogP contribution in [0, 0.1) is 19.7 Å². The smallest absolute Gasteiger partial charge is 0.128 e. The van der Waals surface area contributed by atoms with E-state index in [1.165, 1.54) is 0 Å². The summed E-state index contributed by atoms with van der Waals surface area (Å²) >= 11 is 9.83. The van der Waals surface area contributed by atoms with Crippen LogP contribution in [0.15, 0.2) is 34.8 Å². The molecule has 2 aromatic carbocycles. The van der Waals surface area contributed by atoms with Crippen LogP contribution < -0.4 is 5.32 Å². The zero-order chi connectivity index (χ0) is 15.6. The minimum Gasteiger partial charge on any atom is -0.306 e. The number of benzene rings is 2. The van der Waals surface area contributed by atoms with Crippen molar-refractivity contribution in [1.82, 2.24) is 5.32 Å². The number of aryl methyl sites for hydroxylation is 2. The van der Waals surface area contributed by atoms with Crippen LogP contribution in [-0.4, -0.2) is 6.54 Å². The normalized spacial score (nSPS) is 12.5. The highest BCUT2D eigenvalue weighted by Gasteiger charge is 2.22. The molecule has 112 valence electrons. The molecule has 0 saturated heterocycles. The Balaban J connectivity index is 2.62. The van der Waals surface area contributed by atoms with E-state index < -0.39 is 0 Å². The van der Waals surface area contributed by atoms with Crippen LogP contribution in [0.2, 0.25) is 5.02 Å². The number of hydrogen-bond acceptors (Lipinski definition) is 1. The van der Waals surface area contributed by atoms with Gasteiger partial charge in [-0.3, -0.25) is 0 Å². The summed E-state index contributed by atoms with van der Waals surface area (Å²) in [5.74, 6) is -0.200. The second-order valence-corrected chi connectivity index (χ2v) is 6.34. The van der Waals surface area contributed by atoms with Crippen LogP contribution in [0.3, 0.4) is 0 Å². The Bertz CT molecular complexity index is 634. The molecule has 21 heavy (non-hydrogen) atoms. The largest absolute Gasteiger partial charge is 0.306 e. The van der Waals surface area contributed by atoms with Gasteiger partial charge < -0.3 is 5.32 Å². The molecule has 0 aliphatic rings. The molecule has 1 nitrogen and oxygen atoms in total. The highest BCUT2D eigenvalue weighted by atomic mass is 79.9. The Morgan fingerprint density at radius 3 is 2.62 bits per heavy atom. The lowest BCUT2D eigenvalue weighted by Gasteiger charge is -2.23. The molecule has 0 fully saturated rings. The molecule has 0 heterocycles. The quantitative estimate of drug-likeness (QED) is 0.743. The van der Waals surface area contributed by atoms with E-state index in [-0.39, 0.29) is 11.9 Å². The molecule has 0 saturated carbocycles. The molecule has 0 aliphatic heterocycles. The Kier molecular flexibility index (Phi) is 5.42. The molecular weight excluding hydrogens is 353 g/mol. The lowest BCUT2D eigenvalue weighted by Crippen LogP contribution is -2.24. The SMILES string of the molecule is CCNC(c1cccc(Br)c1Cl)c1c(C)cc(C)cc1F. The Labute approximate surface area is 138 Å². The van der Waals surface area contributed by atoms with E-state index >= 15 is 0 Å². The Hall–Kier alpha value is -0.900. The number of rotatable bonds is 4. The van der Waals surface area contributed by atoms with Gasteiger partial charge in [0.15, 0.2) is 0 Å². The summed E-state index contributed by atoms with van der Waals surface area (Å²) in [6, 6.07) is 9.02. The summed E-state index contributed by atoms with van der Waals surface area (Å²) in [4.78, 5) is 0. The van der Waals surface area contributed by atoms with Crippen LogP contribution in [0.4, 0.5) is 4.39 Å². The number of nitrogens with one attached hydrogen (secondary N) is 1. The number of hydrogen-bond donors (Lipinski definition) is 1. The van der Waals surface area contributed by atoms with Gasteiger partial charge in [0.2, 0.25) is 0 Å². The standard InChI is InChI=1S/C17H18BrClFN/c1-4-21-17(12-6-5-7-13(18)16(12)19)15-11(3)8-10(2)9-14(15)20/h5-9,17,21H,4H2,1-3H3. The van der Waals surface area contributed by atoms with Gasteiger partial charge in [-0.2, -0.15) is 0 Å². The van der Waals surface area contributed by atoms with Crippen molar-refractivity contribution in [2.75, 3.05) is 6.54 Å². The van der Waals surface area contributed by atoms with Gasteiger partial charge in [0.05, 0.1) is 11.1 Å². The van der Waals surface area contributed by atoms with Gasteiger partial charge in [-0.1, -0.05) is 36.7 Å². The van der Waals surface area contributed by atoms with Gasteiger partial charge >= 0.3 is 0 Å². The fourth-order valence-corrected chi connectivity index (χ4v) is 3.22. The fraction of sp³-hybridized carbons (Fsp3) is 0.294. The summed E-state index contributed by atoms with van der Waals surface area (Å²) < 4.78 is 15.3. The molecule has 0 amide bonds. The highest BCUT2D eigenvalue weighted by molar-refractivity contribution is 9.10. The molecule has 2 rings (SSSR count). The van der Waals surface area contributed by atoms with Crippen molar-refractivity contribution in [3.63, 3.8) is 0 Å². The van der Waals surface area contributed by atoms with Crippen molar-refractivity contribution in [2.45, 2.75) is 26.8 Å². The van der Waals surface area contributed by atoms with E-state index in [0.29, 0.717) is 10.6 Å². The van der Waals surface area contributed by atoms with E-state index in [2.05, 4.69) is 21.2 Å². The first-order valence-electron chi connectivity index (χ1n) is 6.89. The van der Waals surface area contributed by atoms with Crippen molar-refractivity contribution >= 4 is 27.5 Å². The monoisotopic (exact) mass is 369 g/mol. The van der Waals surface area contributed by atoms with Crippen LogP contribution in [0.5, 0.6) is 0 Å². The molecular formula is C17H18BrClFN. The minimum absolute atomic E-state index is 0.200. The number of halogens is 3. The summed E-state index contributed by atoms with van der Waals surface area (Å²) in [5.41, 5.74) is 3.38. The zero-order valence-electron chi connectivity index (χ0n) is 12.3. The van der Waals surface area contributed by atoms with E-state index in [1.54, 1.807) is 6.07 Å². The summed E-state index contributed by atoms with van der Waals surface area (Å²) in [7, 11) is 0. The van der Waals surface area contributed by atoms with Gasteiger partial charge in [0.25, 0.3) is 0 Å². The van der Waals surface area contributed by atoms with Crippen molar-refractivity contribution in [3.05, 3.63) is 67.9 Å². The molecule has 0 spiro atoms. The van der Waals surface area contributed by atoms with Gasteiger partial charge in [-0.25, -0.2) is 4.39 Å². The third-order valence-corrected chi connectivity index (χ3v) is 4.78. The predicted octanol–water partition coefficient (Wildman–Crippen LogP) is 5.56. The zero-order valence-corrected chi connectivity index (χ0v) is 14.6. The third-order valence-electron chi connectivity index (χ3n) is 3.47. The van der Waals surface area contributed by atoms with Crippen LogP contribution in [-0.2, 0) is 0 Å². The maximum Gasteiger partial charge on any atom is 0.128 e. The van der Waals surface area contributed by atoms with E-state index in [9.17, 15) is 4.39 Å². The highest BCUT2D eigenvalue weighted by Crippen LogP contribution is 2.35. The maximum absolute atomic E-state index is 14.5. The molecule has 0 radical (unpaired) electrons. The average molecular weight is 371 g/mol. The van der Waals surface area contributed by atoms with Crippen LogP contribution in [0.1, 0.15) is 35.2 Å². The van der Waals surface area contributed by atoms with Crippen molar-refractivity contribution in [2.24, 2.45) is 0 Å². The van der Waals surface area contributed by atoms with Crippen molar-refractivity contribution in [1.29, 1.82) is 0 Å². The van der Waals surface area contributed by atoms with Gasteiger partial charge in [0.1, 0.15) is 5.82 Å². The summed E-state index contributed by atoms with van der Waals surface area (Å²) in [6.45, 7) is 6.55. The van der Waals surface area contributed by atoms with Crippen LogP contribution in [0.25, 0.3) is 0 Å². The van der Waals surface area contributed by atoms with Gasteiger partial charge in [-0.15, -0.1) is 0 Å². The molecule has 0 bridgehead atoms. The molecule has 0 aliphatic carbocycles. The third kappa shape index (κ3) is 3.47. The average Bonchev–Trinajstić information content (AvgIpc) is 2.40. The molecule has 4 heteroatoms. The van der Waals surface area contributed by atoms with Crippen LogP contribution >= 0.6 is 27.5 Å². The van der Waals surface area contributed by atoms with Gasteiger partial charge in [-0.05, 0) is 65.1 Å². The summed E-state index contributed by atoms with van der Waals surface area (Å²) in [5, 5.41) is 3.95. The van der Waals surface area contributed by atoms with Crippen molar-refractivity contribution in [3.8, 4) is 0 Å². The first kappa shape index (κ1) is 16.5. The summed E-state index contributed by atoms with van der Waals surface area (Å²) in [6.07, 6.45) is 0. The molecule has 1 unspecified atom stereocenters. The second-order valence-electron chi connectivity index (χ2n) is 5.11. The molecule has 0 aromatic heterocycles.